The first kappa shape index (κ1) is 11.3. The zero-order chi connectivity index (χ0) is 9.94. The van der Waals surface area contributed by atoms with Crippen molar-refractivity contribution in [2.45, 2.75) is 25.5 Å². The van der Waals surface area contributed by atoms with Crippen molar-refractivity contribution in [2.75, 3.05) is 0 Å². The Bertz CT molecular complexity index is 289. The molecule has 0 aromatic heterocycles. The number of ketones is 1. The maximum Gasteiger partial charge on any atom is 0.267 e. The lowest BCUT2D eigenvalue weighted by molar-refractivity contribution is -0.115. The molecule has 0 bridgehead atoms. The van der Waals surface area contributed by atoms with E-state index in [0.29, 0.717) is 5.57 Å². The van der Waals surface area contributed by atoms with Gasteiger partial charge in [-0.05, 0) is 19.4 Å². The van der Waals surface area contributed by atoms with Gasteiger partial charge in [0.05, 0.1) is 5.25 Å². The molecule has 1 atom stereocenters. The van der Waals surface area contributed by atoms with Gasteiger partial charge in [-0.2, -0.15) is 8.42 Å². The molecule has 0 radical (unpaired) electrons. The zero-order valence-corrected chi connectivity index (χ0v) is 7.89. The molecule has 12 heavy (non-hydrogen) atoms. The van der Waals surface area contributed by atoms with Crippen molar-refractivity contribution in [3.63, 3.8) is 0 Å². The number of rotatable bonds is 4. The van der Waals surface area contributed by atoms with Crippen molar-refractivity contribution < 1.29 is 17.8 Å². The van der Waals surface area contributed by atoms with E-state index in [1.165, 1.54) is 13.8 Å². The van der Waals surface area contributed by atoms with Gasteiger partial charge in [-0.3, -0.25) is 9.35 Å². The minimum Gasteiger partial charge on any atom is -0.295 e. The molecular formula is C7H12O4S. The first-order chi connectivity index (χ1) is 5.25. The summed E-state index contributed by atoms with van der Waals surface area (Å²) in [5.41, 5.74) is 0.297. The zero-order valence-electron chi connectivity index (χ0n) is 7.07. The molecule has 70 valence electrons. The van der Waals surface area contributed by atoms with Crippen LogP contribution in [0.1, 0.15) is 20.3 Å². The molecular weight excluding hydrogens is 180 g/mol. The third-order valence-corrected chi connectivity index (χ3v) is 2.64. The van der Waals surface area contributed by atoms with Crippen LogP contribution in [0.4, 0.5) is 0 Å². The molecule has 0 aliphatic heterocycles. The molecule has 0 amide bonds. The molecule has 0 fully saturated rings. The number of hydrogen-bond donors (Lipinski definition) is 1. The Hall–Kier alpha value is -0.680. The van der Waals surface area contributed by atoms with E-state index in [1.807, 2.05) is 0 Å². The van der Waals surface area contributed by atoms with Gasteiger partial charge in [-0.15, -0.1) is 0 Å². The average Bonchev–Trinajstić information content (AvgIpc) is 1.85. The third-order valence-electron chi connectivity index (χ3n) is 1.46. The Balaban J connectivity index is 4.31. The van der Waals surface area contributed by atoms with Gasteiger partial charge in [-0.25, -0.2) is 0 Å². The van der Waals surface area contributed by atoms with Crippen molar-refractivity contribution in [3.8, 4) is 0 Å². The van der Waals surface area contributed by atoms with Crippen LogP contribution < -0.4 is 0 Å². The summed E-state index contributed by atoms with van der Waals surface area (Å²) in [6.45, 7) is 6.14. The van der Waals surface area contributed by atoms with Gasteiger partial charge in [0.15, 0.2) is 5.78 Å². The minimum atomic E-state index is -4.09. The third kappa shape index (κ3) is 3.64. The maximum absolute atomic E-state index is 10.9. The highest BCUT2D eigenvalue weighted by Gasteiger charge is 2.20. The van der Waals surface area contributed by atoms with Crippen molar-refractivity contribution in [1.29, 1.82) is 0 Å². The molecule has 4 nitrogen and oxygen atoms in total. The van der Waals surface area contributed by atoms with Gasteiger partial charge >= 0.3 is 0 Å². The summed E-state index contributed by atoms with van der Waals surface area (Å²) in [5.74, 6) is -0.347. The van der Waals surface area contributed by atoms with Crippen LogP contribution in [0, 0.1) is 0 Å². The average molecular weight is 192 g/mol. The van der Waals surface area contributed by atoms with Gasteiger partial charge in [0.1, 0.15) is 0 Å². The molecule has 0 aliphatic rings. The van der Waals surface area contributed by atoms with Gasteiger partial charge in [-0.1, -0.05) is 6.58 Å². The van der Waals surface area contributed by atoms with E-state index in [1.54, 1.807) is 0 Å². The predicted molar refractivity (Wildman–Crippen MR) is 45.4 cm³/mol. The lowest BCUT2D eigenvalue weighted by Crippen LogP contribution is -2.20. The number of Topliss-reactive ketones (excluding diaryl/α,β-unsaturated/α-hetero) is 1. The quantitative estimate of drug-likeness (QED) is 0.528. The summed E-state index contributed by atoms with van der Waals surface area (Å²) >= 11 is 0. The van der Waals surface area contributed by atoms with E-state index in [0.717, 1.165) is 0 Å². The van der Waals surface area contributed by atoms with Crippen molar-refractivity contribution in [1.82, 2.24) is 0 Å². The largest absolute Gasteiger partial charge is 0.295 e. The van der Waals surface area contributed by atoms with Crippen LogP contribution >= 0.6 is 0 Å². The van der Waals surface area contributed by atoms with E-state index in [2.05, 4.69) is 6.58 Å². The highest BCUT2D eigenvalue weighted by atomic mass is 32.2. The van der Waals surface area contributed by atoms with Gasteiger partial charge in [0, 0.05) is 6.42 Å². The number of carbonyl (C=O) groups is 1. The van der Waals surface area contributed by atoms with E-state index in [9.17, 15) is 13.2 Å². The molecule has 1 N–H and O–H groups in total. The Morgan fingerprint density at radius 3 is 2.25 bits per heavy atom. The summed E-state index contributed by atoms with van der Waals surface area (Å²) in [4.78, 5) is 10.9. The second-order valence-corrected chi connectivity index (χ2v) is 4.57. The van der Waals surface area contributed by atoms with Crippen LogP contribution in [0.25, 0.3) is 0 Å². The molecule has 0 aromatic carbocycles. The normalized spacial score (nSPS) is 13.9. The summed E-state index contributed by atoms with van der Waals surface area (Å²) in [5, 5.41) is -1.05. The highest BCUT2D eigenvalue weighted by molar-refractivity contribution is 7.86. The Morgan fingerprint density at radius 1 is 1.58 bits per heavy atom. The van der Waals surface area contributed by atoms with Crippen molar-refractivity contribution in [3.05, 3.63) is 12.2 Å². The molecule has 0 heterocycles. The fourth-order valence-electron chi connectivity index (χ4n) is 0.541. The molecule has 0 spiro atoms. The fourth-order valence-corrected chi connectivity index (χ4v) is 0.903. The number of allylic oxidation sites excluding steroid dienone is 1. The molecule has 0 aromatic rings. The van der Waals surface area contributed by atoms with E-state index < -0.39 is 15.4 Å². The fraction of sp³-hybridized carbons (Fsp3) is 0.571. The van der Waals surface area contributed by atoms with Crippen LogP contribution in [-0.2, 0) is 14.9 Å². The standard InChI is InChI=1S/C7H12O4S/c1-5(2)7(8)4-6(3)12(9,10)11/h6H,1,4H2,2-3H3,(H,9,10,11). The lowest BCUT2D eigenvalue weighted by atomic mass is 10.1. The van der Waals surface area contributed by atoms with E-state index in [-0.39, 0.29) is 12.2 Å². The highest BCUT2D eigenvalue weighted by Crippen LogP contribution is 2.06. The minimum absolute atomic E-state index is 0.214. The number of carbonyl (C=O) groups excluding carboxylic acids is 1. The van der Waals surface area contributed by atoms with Crippen LogP contribution in [-0.4, -0.2) is 24.0 Å². The molecule has 1 unspecified atom stereocenters. The Morgan fingerprint density at radius 2 is 2.00 bits per heavy atom. The smallest absolute Gasteiger partial charge is 0.267 e. The first-order valence-electron chi connectivity index (χ1n) is 3.40. The summed E-state index contributed by atoms with van der Waals surface area (Å²) in [6, 6.07) is 0. The first-order valence-corrected chi connectivity index (χ1v) is 4.90. The molecule has 5 heteroatoms. The van der Waals surface area contributed by atoms with Crippen LogP contribution in [0.2, 0.25) is 0 Å². The van der Waals surface area contributed by atoms with Crippen LogP contribution in [0.3, 0.4) is 0 Å². The predicted octanol–water partition coefficient (Wildman–Crippen LogP) is 0.798. The topological polar surface area (TPSA) is 71.4 Å². The Kier molecular flexibility index (Phi) is 3.60. The Labute approximate surface area is 72.0 Å². The second kappa shape index (κ2) is 3.82. The second-order valence-electron chi connectivity index (χ2n) is 2.73. The molecule has 0 saturated heterocycles. The summed E-state index contributed by atoms with van der Waals surface area (Å²) < 4.78 is 29.4. The van der Waals surface area contributed by atoms with Gasteiger partial charge < -0.3 is 0 Å². The van der Waals surface area contributed by atoms with Crippen molar-refractivity contribution >= 4 is 15.9 Å². The molecule has 0 saturated carbocycles. The van der Waals surface area contributed by atoms with Crippen molar-refractivity contribution in [2.24, 2.45) is 0 Å². The SMILES string of the molecule is C=C(C)C(=O)CC(C)S(=O)(=O)O. The van der Waals surface area contributed by atoms with E-state index in [4.69, 9.17) is 4.55 Å². The van der Waals surface area contributed by atoms with E-state index >= 15 is 0 Å². The monoisotopic (exact) mass is 192 g/mol. The maximum atomic E-state index is 10.9. The van der Waals surface area contributed by atoms with Gasteiger partial charge in [0.2, 0.25) is 0 Å². The summed E-state index contributed by atoms with van der Waals surface area (Å²) in [7, 11) is -4.09. The number of hydrogen-bond acceptors (Lipinski definition) is 3. The molecule has 0 rings (SSSR count). The van der Waals surface area contributed by atoms with Crippen LogP contribution in [0.15, 0.2) is 12.2 Å². The summed E-state index contributed by atoms with van der Waals surface area (Å²) in [6.07, 6.45) is -0.214. The molecule has 0 aliphatic carbocycles. The van der Waals surface area contributed by atoms with Gasteiger partial charge in [0.25, 0.3) is 10.1 Å². The van der Waals surface area contributed by atoms with Crippen LogP contribution in [0.5, 0.6) is 0 Å². The lowest BCUT2D eigenvalue weighted by Gasteiger charge is -2.05.